The molecule has 12 atom stereocenters. The molecule has 3 aliphatic heterocycles. The van der Waals surface area contributed by atoms with Crippen molar-refractivity contribution < 1.29 is 66.6 Å². The van der Waals surface area contributed by atoms with E-state index in [1.54, 1.807) is 13.8 Å². The molecule has 0 aromatic heterocycles. The Balaban J connectivity index is 1.39. The van der Waals surface area contributed by atoms with E-state index in [1.807, 2.05) is 37.3 Å². The Morgan fingerprint density at radius 1 is 0.930 bits per heavy atom. The van der Waals surface area contributed by atoms with Gasteiger partial charge in [-0.25, -0.2) is 4.79 Å². The van der Waals surface area contributed by atoms with E-state index in [0.717, 1.165) is 50.5 Å². The average Bonchev–Trinajstić information content (AvgIpc) is 3.28. The molecule has 1 aromatic rings. The summed E-state index contributed by atoms with van der Waals surface area (Å²) in [6, 6.07) is 9.64. The van der Waals surface area contributed by atoms with Crippen molar-refractivity contribution in [3.05, 3.63) is 59.7 Å². The maximum absolute atomic E-state index is 14.6. The highest BCUT2D eigenvalue weighted by Crippen LogP contribution is 2.49. The molecule has 0 bridgehead atoms. The molecule has 1 spiro atoms. The van der Waals surface area contributed by atoms with Crippen LogP contribution < -0.4 is 0 Å². The van der Waals surface area contributed by atoms with Gasteiger partial charge in [0, 0.05) is 37.2 Å². The van der Waals surface area contributed by atoms with Gasteiger partial charge in [-0.05, 0) is 105 Å². The fourth-order valence-electron chi connectivity index (χ4n) is 10.7. The summed E-state index contributed by atoms with van der Waals surface area (Å²) >= 11 is 0. The van der Waals surface area contributed by atoms with E-state index in [4.69, 9.17) is 42.3 Å². The van der Waals surface area contributed by atoms with Crippen LogP contribution in [-0.2, 0) is 68.1 Å². The molecule has 71 heavy (non-hydrogen) atoms. The lowest BCUT2D eigenvalue weighted by molar-refractivity contribution is -0.342. The standard InChI is InChI=1S/C56H88O14Si/c1-37(2)48-24-23-38(3)35-55(48)64-28-25-45(68-55)31-43-21-17-22-44(66-43)32-47(70-71(12,13)53(6,7)8)34-51(60)67-49(39(4)63-36-41-19-15-14-16-20-41)33-46-29-42(30-50(59)62-11)52(65-40(5)58)56(61,69-46)54(9,10)26-18-27-57/h14-16,18-20,26-27,30,37-39,43-49,52,61H,17,21-25,28-29,31-36H2,1-13H3/b26-18+,42-30+/t38-,39-,43-,44?,45+,46+,47-,48+,49-,52+,55+,56-/m1/s1. The average molecular weight is 1010 g/mol. The Bertz CT molecular complexity index is 1960. The van der Waals surface area contributed by atoms with E-state index >= 15 is 0 Å². The number of hydrogen-bond acceptors (Lipinski definition) is 14. The highest BCUT2D eigenvalue weighted by molar-refractivity contribution is 6.74. The second kappa shape index (κ2) is 25.3. The van der Waals surface area contributed by atoms with E-state index in [-0.39, 0.29) is 54.8 Å². The Morgan fingerprint density at radius 2 is 1.63 bits per heavy atom. The maximum atomic E-state index is 14.6. The largest absolute Gasteiger partial charge is 0.466 e. The molecular formula is C56H88O14Si. The molecule has 1 aliphatic carbocycles. The van der Waals surface area contributed by atoms with Crippen molar-refractivity contribution in [2.45, 2.75) is 231 Å². The molecule has 1 saturated carbocycles. The Morgan fingerprint density at radius 3 is 2.28 bits per heavy atom. The smallest absolute Gasteiger partial charge is 0.330 e. The number of carbonyl (C=O) groups excluding carboxylic acids is 4. The molecule has 0 radical (unpaired) electrons. The fourth-order valence-corrected chi connectivity index (χ4v) is 12.1. The summed E-state index contributed by atoms with van der Waals surface area (Å²) in [5.74, 6) is -3.43. The van der Waals surface area contributed by atoms with Crippen molar-refractivity contribution in [2.24, 2.45) is 23.2 Å². The second-order valence-corrected chi connectivity index (χ2v) is 28.0. The van der Waals surface area contributed by atoms with Crippen LogP contribution in [0.1, 0.15) is 152 Å². The van der Waals surface area contributed by atoms with Gasteiger partial charge >= 0.3 is 17.9 Å². The normalized spacial score (nSPS) is 30.7. The lowest BCUT2D eigenvalue weighted by Gasteiger charge is -2.51. The Kier molecular flexibility index (Phi) is 20.9. The number of aldehydes is 1. The third-order valence-electron chi connectivity index (χ3n) is 15.7. The zero-order valence-electron chi connectivity index (χ0n) is 45.2. The van der Waals surface area contributed by atoms with Crippen LogP contribution in [0.5, 0.6) is 0 Å². The highest BCUT2D eigenvalue weighted by Gasteiger charge is 2.58. The first-order valence-corrected chi connectivity index (χ1v) is 29.2. The van der Waals surface area contributed by atoms with Crippen LogP contribution in [0.15, 0.2) is 54.1 Å². The summed E-state index contributed by atoms with van der Waals surface area (Å²) in [4.78, 5) is 51.5. The SMILES string of the molecule is COC(=O)/C=C1\C[C@@H](C[C@@H](OC(=O)C[C@@H](CC2CCC[C@H](C[C@@H]3CCO[C@@]4(C[C@H](C)CC[C@H]4C(C)C)O3)O2)O[Si](C)(C)C(C)(C)C)[C@@H](C)OCc2ccccc2)O[C@@](O)(C(C)(C)/C=C/C=O)[C@H]1OC(C)=O. The van der Waals surface area contributed by atoms with E-state index in [0.29, 0.717) is 37.1 Å². The van der Waals surface area contributed by atoms with Gasteiger partial charge in [-0.2, -0.15) is 0 Å². The number of esters is 3. The number of ether oxygens (including phenoxy) is 8. The van der Waals surface area contributed by atoms with Crippen LogP contribution in [-0.4, -0.2) is 112 Å². The predicted molar refractivity (Wildman–Crippen MR) is 272 cm³/mol. The summed E-state index contributed by atoms with van der Waals surface area (Å²) in [5.41, 5.74) is -0.215. The number of methoxy groups -OCH3 is 1. The molecule has 4 fully saturated rings. The molecule has 15 heteroatoms. The van der Waals surface area contributed by atoms with Crippen LogP contribution in [0, 0.1) is 23.2 Å². The van der Waals surface area contributed by atoms with Gasteiger partial charge in [-0.15, -0.1) is 0 Å². The molecule has 1 N–H and O–H groups in total. The minimum absolute atomic E-state index is 0.00306. The van der Waals surface area contributed by atoms with E-state index in [9.17, 15) is 24.3 Å². The topological polar surface area (TPSA) is 172 Å². The van der Waals surface area contributed by atoms with Crippen LogP contribution >= 0.6 is 0 Å². The van der Waals surface area contributed by atoms with Crippen molar-refractivity contribution >= 4 is 32.5 Å². The summed E-state index contributed by atoms with van der Waals surface area (Å²) in [7, 11) is -1.21. The number of carbonyl (C=O) groups is 4. The second-order valence-electron chi connectivity index (χ2n) is 23.3. The third-order valence-corrected chi connectivity index (χ3v) is 20.3. The van der Waals surface area contributed by atoms with E-state index in [2.05, 4.69) is 54.6 Å². The monoisotopic (exact) mass is 1010 g/mol. The van der Waals surface area contributed by atoms with Crippen LogP contribution in [0.3, 0.4) is 0 Å². The summed E-state index contributed by atoms with van der Waals surface area (Å²) in [6.07, 6.45) is 7.94. The van der Waals surface area contributed by atoms with Gasteiger partial charge in [0.25, 0.3) is 0 Å². The number of hydrogen-bond donors (Lipinski definition) is 1. The van der Waals surface area contributed by atoms with Gasteiger partial charge < -0.3 is 47.4 Å². The number of allylic oxidation sites excluding steroid dienone is 1. The Hall–Kier alpha value is -3.28. The van der Waals surface area contributed by atoms with Gasteiger partial charge in [0.1, 0.15) is 12.4 Å². The van der Waals surface area contributed by atoms with E-state index in [1.165, 1.54) is 38.7 Å². The van der Waals surface area contributed by atoms with Crippen molar-refractivity contribution in [1.82, 2.24) is 0 Å². The summed E-state index contributed by atoms with van der Waals surface area (Å²) < 4.78 is 57.6. The predicted octanol–water partition coefficient (Wildman–Crippen LogP) is 10.3. The Labute approximate surface area is 425 Å². The zero-order valence-corrected chi connectivity index (χ0v) is 46.2. The molecule has 14 nitrogen and oxygen atoms in total. The minimum Gasteiger partial charge on any atom is -0.466 e. The minimum atomic E-state index is -2.43. The van der Waals surface area contributed by atoms with E-state index < -0.39 is 73.7 Å². The first kappa shape index (κ1) is 58.6. The fraction of sp³-hybridized carbons (Fsp3) is 0.750. The quantitative estimate of drug-likeness (QED) is 0.0405. The number of rotatable bonds is 21. The van der Waals surface area contributed by atoms with Crippen LogP contribution in [0.2, 0.25) is 18.1 Å². The zero-order chi connectivity index (χ0) is 52.4. The molecule has 3 heterocycles. The van der Waals surface area contributed by atoms with Crippen molar-refractivity contribution in [1.29, 1.82) is 0 Å². The molecular weight excluding hydrogens is 925 g/mol. The molecule has 400 valence electrons. The van der Waals surface area contributed by atoms with Gasteiger partial charge in [0.15, 0.2) is 20.2 Å². The van der Waals surface area contributed by atoms with Gasteiger partial charge in [0.2, 0.25) is 5.79 Å². The van der Waals surface area contributed by atoms with Gasteiger partial charge in [-0.3, -0.25) is 14.4 Å². The summed E-state index contributed by atoms with van der Waals surface area (Å²) in [6.45, 7) is 24.9. The highest BCUT2D eigenvalue weighted by atomic mass is 28.4. The molecule has 3 saturated heterocycles. The molecule has 1 aromatic carbocycles. The molecule has 5 rings (SSSR count). The van der Waals surface area contributed by atoms with Crippen molar-refractivity contribution in [2.75, 3.05) is 13.7 Å². The third kappa shape index (κ3) is 15.9. The van der Waals surface area contributed by atoms with Crippen molar-refractivity contribution in [3.63, 3.8) is 0 Å². The first-order valence-electron chi connectivity index (χ1n) is 26.3. The van der Waals surface area contributed by atoms with Gasteiger partial charge in [-0.1, -0.05) is 98.2 Å². The lowest BCUT2D eigenvalue weighted by Crippen LogP contribution is -2.62. The molecule has 4 aliphatic rings. The van der Waals surface area contributed by atoms with Gasteiger partial charge in [0.05, 0.1) is 63.4 Å². The summed E-state index contributed by atoms with van der Waals surface area (Å²) in [5, 5.41) is 12.4. The van der Waals surface area contributed by atoms with Crippen LogP contribution in [0.25, 0.3) is 0 Å². The maximum Gasteiger partial charge on any atom is 0.330 e. The molecule has 0 amide bonds. The number of aliphatic hydroxyl groups is 1. The van der Waals surface area contributed by atoms with Crippen LogP contribution in [0.4, 0.5) is 0 Å². The van der Waals surface area contributed by atoms with Crippen molar-refractivity contribution in [3.8, 4) is 0 Å². The lowest BCUT2D eigenvalue weighted by atomic mass is 9.72. The number of benzene rings is 1. The first-order chi connectivity index (χ1) is 33.3. The molecule has 1 unspecified atom stereocenters.